The second-order valence-electron chi connectivity index (χ2n) is 2.75. The van der Waals surface area contributed by atoms with Crippen molar-refractivity contribution in [1.29, 1.82) is 0 Å². The van der Waals surface area contributed by atoms with Crippen molar-refractivity contribution < 1.29 is 23.8 Å². The first-order valence-electron chi connectivity index (χ1n) is 4.17. The van der Waals surface area contributed by atoms with Crippen molar-refractivity contribution in [3.8, 4) is 0 Å². The molecule has 0 saturated heterocycles. The van der Waals surface area contributed by atoms with E-state index in [9.17, 15) is 9.59 Å². The van der Waals surface area contributed by atoms with Gasteiger partial charge in [-0.15, -0.1) is 0 Å². The fraction of sp³-hybridized carbons (Fsp3) is 0.200. The summed E-state index contributed by atoms with van der Waals surface area (Å²) in [5, 5.41) is 8.58. The Bertz CT molecular complexity index is 375. The van der Waals surface area contributed by atoms with Gasteiger partial charge in [-0.1, -0.05) is 0 Å². The Hall–Kier alpha value is -2.04. The van der Waals surface area contributed by atoms with Crippen molar-refractivity contribution in [2.75, 3.05) is 7.11 Å². The number of methoxy groups -OCH3 is 1. The fourth-order valence-corrected chi connectivity index (χ4v) is 1.02. The van der Waals surface area contributed by atoms with Gasteiger partial charge in [0.15, 0.2) is 0 Å². The van der Waals surface area contributed by atoms with Crippen LogP contribution in [0.4, 0.5) is 0 Å². The number of hydrogen-bond acceptors (Lipinski definition) is 4. The van der Waals surface area contributed by atoms with E-state index in [1.807, 2.05) is 0 Å². The first kappa shape index (κ1) is 11.0. The molecule has 1 aromatic rings. The van der Waals surface area contributed by atoms with Crippen LogP contribution in [0, 0.1) is 0 Å². The third-order valence-corrected chi connectivity index (χ3v) is 1.65. The molecule has 0 amide bonds. The summed E-state index contributed by atoms with van der Waals surface area (Å²) in [6.45, 7) is 0. The Kier molecular flexibility index (Phi) is 3.68. The van der Waals surface area contributed by atoms with E-state index in [-0.39, 0.29) is 5.57 Å². The summed E-state index contributed by atoms with van der Waals surface area (Å²) in [4.78, 5) is 21.7. The van der Waals surface area contributed by atoms with E-state index in [2.05, 4.69) is 4.74 Å². The van der Waals surface area contributed by atoms with Gasteiger partial charge in [0.05, 0.1) is 25.4 Å². The number of hydrogen-bond donors (Lipinski definition) is 1. The average molecular weight is 210 g/mol. The average Bonchev–Trinajstić information content (AvgIpc) is 2.67. The van der Waals surface area contributed by atoms with Gasteiger partial charge in [0.25, 0.3) is 0 Å². The van der Waals surface area contributed by atoms with Crippen LogP contribution in [0.2, 0.25) is 0 Å². The van der Waals surface area contributed by atoms with Crippen LogP contribution in [-0.2, 0) is 14.3 Å². The fourth-order valence-electron chi connectivity index (χ4n) is 1.02. The summed E-state index contributed by atoms with van der Waals surface area (Å²) in [7, 11) is 1.19. The molecule has 0 atom stereocenters. The lowest BCUT2D eigenvalue weighted by Gasteiger charge is -2.00. The predicted molar refractivity (Wildman–Crippen MR) is 51.0 cm³/mol. The number of esters is 1. The summed E-state index contributed by atoms with van der Waals surface area (Å²) < 4.78 is 9.41. The van der Waals surface area contributed by atoms with E-state index >= 15 is 0 Å². The van der Waals surface area contributed by atoms with E-state index in [1.165, 1.54) is 19.4 Å². The Morgan fingerprint density at radius 3 is 2.80 bits per heavy atom. The number of carboxylic acids is 1. The SMILES string of the molecule is COC(=O)/C(=C/c1ccco1)CC(=O)O. The highest BCUT2D eigenvalue weighted by Crippen LogP contribution is 2.11. The number of furan rings is 1. The molecule has 0 unspecified atom stereocenters. The Labute approximate surface area is 86.0 Å². The number of carbonyl (C=O) groups is 2. The molecule has 0 spiro atoms. The summed E-state index contributed by atoms with van der Waals surface area (Å²) >= 11 is 0. The highest BCUT2D eigenvalue weighted by Gasteiger charge is 2.14. The van der Waals surface area contributed by atoms with Crippen LogP contribution < -0.4 is 0 Å². The van der Waals surface area contributed by atoms with Crippen molar-refractivity contribution in [2.45, 2.75) is 6.42 Å². The summed E-state index contributed by atoms with van der Waals surface area (Å²) in [5.74, 6) is -1.36. The van der Waals surface area contributed by atoms with Crippen LogP contribution in [0.1, 0.15) is 12.2 Å². The molecule has 80 valence electrons. The molecule has 1 heterocycles. The number of aliphatic carboxylic acids is 1. The zero-order valence-electron chi connectivity index (χ0n) is 8.10. The molecule has 1 N–H and O–H groups in total. The largest absolute Gasteiger partial charge is 0.481 e. The summed E-state index contributed by atoms with van der Waals surface area (Å²) in [6.07, 6.45) is 2.38. The maximum absolute atomic E-state index is 11.2. The van der Waals surface area contributed by atoms with Crippen LogP contribution in [0.3, 0.4) is 0 Å². The number of rotatable bonds is 4. The van der Waals surface area contributed by atoms with E-state index in [0.717, 1.165) is 0 Å². The highest BCUT2D eigenvalue weighted by atomic mass is 16.5. The standard InChI is InChI=1S/C10H10O5/c1-14-10(13)7(6-9(11)12)5-8-3-2-4-15-8/h2-5H,6H2,1H3,(H,11,12)/b7-5+. The van der Waals surface area contributed by atoms with Crippen LogP contribution in [0.15, 0.2) is 28.4 Å². The third-order valence-electron chi connectivity index (χ3n) is 1.65. The van der Waals surface area contributed by atoms with Gasteiger partial charge in [-0.05, 0) is 18.2 Å². The summed E-state index contributed by atoms with van der Waals surface area (Å²) in [6, 6.07) is 3.26. The maximum Gasteiger partial charge on any atom is 0.334 e. The second-order valence-corrected chi connectivity index (χ2v) is 2.75. The van der Waals surface area contributed by atoms with Gasteiger partial charge in [0, 0.05) is 0 Å². The quantitative estimate of drug-likeness (QED) is 0.598. The van der Waals surface area contributed by atoms with Crippen molar-refractivity contribution in [3.63, 3.8) is 0 Å². The van der Waals surface area contributed by atoms with Crippen molar-refractivity contribution in [1.82, 2.24) is 0 Å². The lowest BCUT2D eigenvalue weighted by Crippen LogP contribution is -2.09. The number of carboxylic acid groups (broad SMARTS) is 1. The van der Waals surface area contributed by atoms with Crippen molar-refractivity contribution in [2.24, 2.45) is 0 Å². The van der Waals surface area contributed by atoms with Gasteiger partial charge in [-0.3, -0.25) is 4.79 Å². The van der Waals surface area contributed by atoms with Gasteiger partial charge in [-0.2, -0.15) is 0 Å². The molecule has 0 aliphatic heterocycles. The van der Waals surface area contributed by atoms with Gasteiger partial charge < -0.3 is 14.3 Å². The molecule has 0 aliphatic carbocycles. The van der Waals surface area contributed by atoms with E-state index in [1.54, 1.807) is 12.1 Å². The lowest BCUT2D eigenvalue weighted by molar-refractivity contribution is -0.141. The number of ether oxygens (including phenoxy) is 1. The smallest absolute Gasteiger partial charge is 0.334 e. The van der Waals surface area contributed by atoms with Crippen LogP contribution in [0.5, 0.6) is 0 Å². The molecule has 0 radical (unpaired) electrons. The minimum Gasteiger partial charge on any atom is -0.481 e. The molecule has 0 aromatic carbocycles. The predicted octanol–water partition coefficient (Wildman–Crippen LogP) is 1.31. The topological polar surface area (TPSA) is 76.7 Å². The van der Waals surface area contributed by atoms with Crippen molar-refractivity contribution >= 4 is 18.0 Å². The normalized spacial score (nSPS) is 11.1. The molecular formula is C10H10O5. The molecule has 0 aliphatic rings. The molecule has 0 fully saturated rings. The highest BCUT2D eigenvalue weighted by molar-refractivity contribution is 5.97. The Balaban J connectivity index is 2.90. The summed E-state index contributed by atoms with van der Waals surface area (Å²) in [5.41, 5.74) is 0.0416. The first-order chi connectivity index (χ1) is 7.13. The zero-order chi connectivity index (χ0) is 11.3. The first-order valence-corrected chi connectivity index (χ1v) is 4.17. The molecule has 5 heteroatoms. The maximum atomic E-state index is 11.2. The lowest BCUT2D eigenvalue weighted by atomic mass is 10.1. The molecular weight excluding hydrogens is 200 g/mol. The number of carbonyl (C=O) groups excluding carboxylic acids is 1. The second kappa shape index (κ2) is 4.99. The van der Waals surface area contributed by atoms with Gasteiger partial charge >= 0.3 is 11.9 Å². The Morgan fingerprint density at radius 2 is 2.33 bits per heavy atom. The minimum atomic E-state index is -1.10. The van der Waals surface area contributed by atoms with Crippen molar-refractivity contribution in [3.05, 3.63) is 29.7 Å². The van der Waals surface area contributed by atoms with E-state index in [0.29, 0.717) is 5.76 Å². The van der Waals surface area contributed by atoms with Gasteiger partial charge in [0.2, 0.25) is 0 Å². The zero-order valence-corrected chi connectivity index (χ0v) is 8.10. The van der Waals surface area contributed by atoms with Crippen LogP contribution in [0.25, 0.3) is 6.08 Å². The molecule has 15 heavy (non-hydrogen) atoms. The Morgan fingerprint density at radius 1 is 1.60 bits per heavy atom. The van der Waals surface area contributed by atoms with Gasteiger partial charge in [0.1, 0.15) is 5.76 Å². The minimum absolute atomic E-state index is 0.0416. The third kappa shape index (κ3) is 3.30. The molecule has 1 aromatic heterocycles. The van der Waals surface area contributed by atoms with Gasteiger partial charge in [-0.25, -0.2) is 4.79 Å². The monoisotopic (exact) mass is 210 g/mol. The van der Waals surface area contributed by atoms with Crippen LogP contribution >= 0.6 is 0 Å². The molecule has 0 saturated carbocycles. The molecule has 1 rings (SSSR count). The van der Waals surface area contributed by atoms with E-state index in [4.69, 9.17) is 9.52 Å². The molecule has 5 nitrogen and oxygen atoms in total. The van der Waals surface area contributed by atoms with Crippen LogP contribution in [-0.4, -0.2) is 24.2 Å². The van der Waals surface area contributed by atoms with E-state index < -0.39 is 18.4 Å². The molecule has 0 bridgehead atoms.